The first-order valence-electron chi connectivity index (χ1n) is 7.35. The number of methoxy groups -OCH3 is 1. The predicted octanol–water partition coefficient (Wildman–Crippen LogP) is 2.99. The summed E-state index contributed by atoms with van der Waals surface area (Å²) < 4.78 is 7.41. The number of ether oxygens (including phenoxy) is 1. The van der Waals surface area contributed by atoms with Gasteiger partial charge in [-0.05, 0) is 40.2 Å². The smallest absolute Gasteiger partial charge is 0.0739 e. The lowest BCUT2D eigenvalue weighted by atomic mass is 10.0. The van der Waals surface area contributed by atoms with Crippen LogP contribution in [0, 0.1) is 13.8 Å². The molecule has 0 bridgehead atoms. The Hall–Kier alpha value is -0.870. The topological polar surface area (TPSA) is 39.1 Å². The largest absolute Gasteiger partial charge is 0.380 e. The van der Waals surface area contributed by atoms with E-state index in [0.717, 1.165) is 31.6 Å². The van der Waals surface area contributed by atoms with Gasteiger partial charge in [-0.15, -0.1) is 0 Å². The molecule has 0 saturated heterocycles. The lowest BCUT2D eigenvalue weighted by molar-refractivity contribution is 0.0991. The third kappa shape index (κ3) is 4.05. The van der Waals surface area contributed by atoms with Crippen LogP contribution in [-0.4, -0.2) is 29.5 Å². The molecule has 0 fully saturated rings. The molecule has 1 aromatic rings. The third-order valence-corrected chi connectivity index (χ3v) is 3.67. The minimum absolute atomic E-state index is 0.189. The maximum atomic E-state index is 5.33. The van der Waals surface area contributed by atoms with E-state index in [4.69, 9.17) is 4.74 Å². The van der Waals surface area contributed by atoms with Crippen molar-refractivity contribution in [2.75, 3.05) is 13.7 Å². The predicted molar refractivity (Wildman–Crippen MR) is 79.5 cm³/mol. The van der Waals surface area contributed by atoms with Gasteiger partial charge in [-0.3, -0.25) is 4.68 Å². The molecule has 4 nitrogen and oxygen atoms in total. The molecule has 19 heavy (non-hydrogen) atoms. The van der Waals surface area contributed by atoms with E-state index in [-0.39, 0.29) is 6.10 Å². The van der Waals surface area contributed by atoms with Crippen molar-refractivity contribution in [1.29, 1.82) is 0 Å². The van der Waals surface area contributed by atoms with Crippen LogP contribution < -0.4 is 5.32 Å². The molecule has 1 aromatic heterocycles. The molecular formula is C15H29N3O. The average Bonchev–Trinajstić information content (AvgIpc) is 2.67. The highest BCUT2D eigenvalue weighted by atomic mass is 16.5. The fourth-order valence-electron chi connectivity index (χ4n) is 2.48. The van der Waals surface area contributed by atoms with Gasteiger partial charge in [0.05, 0.1) is 18.3 Å². The maximum Gasteiger partial charge on any atom is 0.0739 e. The van der Waals surface area contributed by atoms with Gasteiger partial charge in [0.25, 0.3) is 0 Å². The summed E-state index contributed by atoms with van der Waals surface area (Å²) in [6, 6.07) is 0.409. The first kappa shape index (κ1) is 16.2. The summed E-state index contributed by atoms with van der Waals surface area (Å²) in [5, 5.41) is 8.28. The molecule has 0 saturated carbocycles. The first-order valence-corrected chi connectivity index (χ1v) is 7.35. The molecule has 0 spiro atoms. The molecule has 0 aromatic carbocycles. The van der Waals surface area contributed by atoms with Gasteiger partial charge in [-0.2, -0.15) is 5.10 Å². The molecule has 2 unspecified atom stereocenters. The van der Waals surface area contributed by atoms with Crippen LogP contribution in [0.25, 0.3) is 0 Å². The monoisotopic (exact) mass is 267 g/mol. The van der Waals surface area contributed by atoms with Gasteiger partial charge in [-0.1, -0.05) is 13.8 Å². The normalized spacial score (nSPS) is 14.6. The van der Waals surface area contributed by atoms with Crippen LogP contribution in [0.5, 0.6) is 0 Å². The van der Waals surface area contributed by atoms with Gasteiger partial charge in [-0.25, -0.2) is 0 Å². The Labute approximate surface area is 117 Å². The van der Waals surface area contributed by atoms with Gasteiger partial charge in [0.1, 0.15) is 0 Å². The Balaban J connectivity index is 2.94. The zero-order chi connectivity index (χ0) is 14.4. The van der Waals surface area contributed by atoms with Crippen LogP contribution in [0.4, 0.5) is 0 Å². The SMILES string of the molecule is CCCNC(CC)c1c(C)nn(CC(C)OC)c1C. The summed E-state index contributed by atoms with van der Waals surface area (Å²) in [6.45, 7) is 12.6. The van der Waals surface area contributed by atoms with Crippen LogP contribution in [0.3, 0.4) is 0 Å². The second kappa shape index (κ2) is 7.65. The molecule has 1 rings (SSSR count). The maximum absolute atomic E-state index is 5.33. The van der Waals surface area contributed by atoms with Gasteiger partial charge in [0.2, 0.25) is 0 Å². The van der Waals surface area contributed by atoms with Crippen molar-refractivity contribution in [3.8, 4) is 0 Å². The molecule has 0 radical (unpaired) electrons. The molecular weight excluding hydrogens is 238 g/mol. The number of rotatable bonds is 8. The number of nitrogens with one attached hydrogen (secondary N) is 1. The Morgan fingerprint density at radius 2 is 2.00 bits per heavy atom. The van der Waals surface area contributed by atoms with Crippen molar-refractivity contribution >= 4 is 0 Å². The lowest BCUT2D eigenvalue weighted by Crippen LogP contribution is -2.23. The van der Waals surface area contributed by atoms with Crippen molar-refractivity contribution < 1.29 is 4.74 Å². The van der Waals surface area contributed by atoms with Crippen LogP contribution >= 0.6 is 0 Å². The van der Waals surface area contributed by atoms with Crippen LogP contribution in [0.15, 0.2) is 0 Å². The zero-order valence-corrected chi connectivity index (χ0v) is 13.3. The van der Waals surface area contributed by atoms with Crippen molar-refractivity contribution in [3.05, 3.63) is 17.0 Å². The summed E-state index contributed by atoms with van der Waals surface area (Å²) in [5.74, 6) is 0. The highest BCUT2D eigenvalue weighted by Gasteiger charge is 2.19. The minimum Gasteiger partial charge on any atom is -0.380 e. The van der Waals surface area contributed by atoms with Crippen molar-refractivity contribution in [3.63, 3.8) is 0 Å². The van der Waals surface area contributed by atoms with E-state index in [1.54, 1.807) is 7.11 Å². The number of aromatic nitrogens is 2. The minimum atomic E-state index is 0.189. The van der Waals surface area contributed by atoms with Gasteiger partial charge in [0.15, 0.2) is 0 Å². The fraction of sp³-hybridized carbons (Fsp3) is 0.800. The van der Waals surface area contributed by atoms with E-state index in [1.165, 1.54) is 11.3 Å². The van der Waals surface area contributed by atoms with Crippen molar-refractivity contribution in [2.24, 2.45) is 0 Å². The number of aryl methyl sites for hydroxylation is 1. The molecule has 0 aliphatic heterocycles. The van der Waals surface area contributed by atoms with Crippen LogP contribution in [0.2, 0.25) is 0 Å². The zero-order valence-electron chi connectivity index (χ0n) is 13.3. The van der Waals surface area contributed by atoms with Crippen molar-refractivity contribution in [1.82, 2.24) is 15.1 Å². The standard InChI is InChI=1S/C15H29N3O/c1-7-9-16-14(8-2)15-12(4)17-18(13(15)5)10-11(3)19-6/h11,14,16H,7-10H2,1-6H3. The van der Waals surface area contributed by atoms with E-state index in [2.05, 4.69) is 49.7 Å². The molecule has 0 amide bonds. The molecule has 0 aliphatic carbocycles. The Morgan fingerprint density at radius 3 is 2.53 bits per heavy atom. The van der Waals surface area contributed by atoms with Crippen LogP contribution in [0.1, 0.15) is 56.6 Å². The number of nitrogens with zero attached hydrogens (tertiary/aromatic N) is 2. The summed E-state index contributed by atoms with van der Waals surface area (Å²) in [4.78, 5) is 0. The molecule has 2 atom stereocenters. The molecule has 1 heterocycles. The molecule has 0 aliphatic rings. The van der Waals surface area contributed by atoms with E-state index in [0.29, 0.717) is 6.04 Å². The highest BCUT2D eigenvalue weighted by Crippen LogP contribution is 2.24. The quantitative estimate of drug-likeness (QED) is 0.787. The molecule has 4 heteroatoms. The van der Waals surface area contributed by atoms with Gasteiger partial charge < -0.3 is 10.1 Å². The van der Waals surface area contributed by atoms with E-state index >= 15 is 0 Å². The van der Waals surface area contributed by atoms with E-state index in [9.17, 15) is 0 Å². The summed E-state index contributed by atoms with van der Waals surface area (Å²) in [7, 11) is 1.74. The second-order valence-corrected chi connectivity index (χ2v) is 5.23. The number of hydrogen-bond donors (Lipinski definition) is 1. The van der Waals surface area contributed by atoms with E-state index in [1.807, 2.05) is 0 Å². The first-order chi connectivity index (χ1) is 9.04. The van der Waals surface area contributed by atoms with Crippen molar-refractivity contribution in [2.45, 2.75) is 66.2 Å². The number of hydrogen-bond acceptors (Lipinski definition) is 3. The average molecular weight is 267 g/mol. The molecule has 1 N–H and O–H groups in total. The summed E-state index contributed by atoms with van der Waals surface area (Å²) in [5.41, 5.74) is 3.76. The Morgan fingerprint density at radius 1 is 1.32 bits per heavy atom. The second-order valence-electron chi connectivity index (χ2n) is 5.23. The Kier molecular flexibility index (Phi) is 6.52. The van der Waals surface area contributed by atoms with Gasteiger partial charge in [0, 0.05) is 24.4 Å². The van der Waals surface area contributed by atoms with Crippen LogP contribution in [-0.2, 0) is 11.3 Å². The summed E-state index contributed by atoms with van der Waals surface area (Å²) >= 11 is 0. The fourth-order valence-corrected chi connectivity index (χ4v) is 2.48. The van der Waals surface area contributed by atoms with E-state index < -0.39 is 0 Å². The van der Waals surface area contributed by atoms with Gasteiger partial charge >= 0.3 is 0 Å². The molecule has 110 valence electrons. The summed E-state index contributed by atoms with van der Waals surface area (Å²) in [6.07, 6.45) is 2.44. The lowest BCUT2D eigenvalue weighted by Gasteiger charge is -2.18. The highest BCUT2D eigenvalue weighted by molar-refractivity contribution is 5.28. The Bertz CT molecular complexity index is 387. The third-order valence-electron chi connectivity index (χ3n) is 3.67.